The van der Waals surface area contributed by atoms with Gasteiger partial charge in [0.05, 0.1) is 23.1 Å². The highest BCUT2D eigenvalue weighted by Gasteiger charge is 2.47. The number of carbonyl (C=O) groups is 2. The quantitative estimate of drug-likeness (QED) is 0.451. The Kier molecular flexibility index (Phi) is 6.58. The van der Waals surface area contributed by atoms with Gasteiger partial charge in [0.1, 0.15) is 11.6 Å². The van der Waals surface area contributed by atoms with Crippen LogP contribution in [0.4, 0.5) is 8.78 Å². The van der Waals surface area contributed by atoms with Gasteiger partial charge in [0.15, 0.2) is 11.5 Å². The first kappa shape index (κ1) is 25.1. The van der Waals surface area contributed by atoms with Crippen molar-refractivity contribution in [2.75, 3.05) is 19.6 Å². The maximum absolute atomic E-state index is 14.2. The second-order valence-corrected chi connectivity index (χ2v) is 10.8. The maximum atomic E-state index is 14.2. The Hall–Kier alpha value is -3.59. The van der Waals surface area contributed by atoms with E-state index in [0.717, 1.165) is 24.2 Å². The van der Waals surface area contributed by atoms with Crippen molar-refractivity contribution >= 4 is 11.8 Å². The van der Waals surface area contributed by atoms with Gasteiger partial charge in [0, 0.05) is 31.8 Å². The van der Waals surface area contributed by atoms with Crippen LogP contribution < -0.4 is 10.6 Å². The van der Waals surface area contributed by atoms with E-state index in [1.807, 2.05) is 44.2 Å². The molecule has 0 spiro atoms. The molecule has 2 N–H and O–H groups in total. The first-order valence-electron chi connectivity index (χ1n) is 12.5. The maximum Gasteiger partial charge on any atom is 0.274 e. The molecule has 0 bridgehead atoms. The molecule has 0 atom stereocenters. The van der Waals surface area contributed by atoms with E-state index in [-0.39, 0.29) is 29.3 Å². The average Bonchev–Trinajstić information content (AvgIpc) is 3.50. The number of benzene rings is 2. The van der Waals surface area contributed by atoms with E-state index in [2.05, 4.69) is 20.7 Å². The van der Waals surface area contributed by atoms with Crippen LogP contribution in [0, 0.1) is 17.6 Å². The van der Waals surface area contributed by atoms with Crippen molar-refractivity contribution < 1.29 is 22.9 Å². The van der Waals surface area contributed by atoms with Crippen LogP contribution in [-0.2, 0) is 10.3 Å². The van der Waals surface area contributed by atoms with Crippen LogP contribution in [0.25, 0.3) is 11.3 Å². The summed E-state index contributed by atoms with van der Waals surface area (Å²) >= 11 is 0. The van der Waals surface area contributed by atoms with E-state index in [9.17, 15) is 18.4 Å². The van der Waals surface area contributed by atoms with Crippen molar-refractivity contribution in [2.24, 2.45) is 5.92 Å². The molecule has 2 amide bonds. The van der Waals surface area contributed by atoms with Gasteiger partial charge in [0.2, 0.25) is 5.91 Å². The highest BCUT2D eigenvalue weighted by molar-refractivity contribution is 5.94. The summed E-state index contributed by atoms with van der Waals surface area (Å²) in [7, 11) is 0. The van der Waals surface area contributed by atoms with Crippen LogP contribution in [0.1, 0.15) is 49.2 Å². The number of carbonyl (C=O) groups excluding carboxylic acids is 2. The fourth-order valence-electron chi connectivity index (χ4n) is 4.97. The molecule has 9 heteroatoms. The summed E-state index contributed by atoms with van der Waals surface area (Å²) in [5, 5.41) is 9.89. The predicted octanol–water partition coefficient (Wildman–Crippen LogP) is 4.26. The number of rotatable bonds is 9. The zero-order valence-electron chi connectivity index (χ0n) is 20.9. The summed E-state index contributed by atoms with van der Waals surface area (Å²) in [6, 6.07) is 14.1. The molecule has 0 unspecified atom stereocenters. The summed E-state index contributed by atoms with van der Waals surface area (Å²) < 4.78 is 32.6. The first-order valence-corrected chi connectivity index (χ1v) is 12.5. The zero-order valence-corrected chi connectivity index (χ0v) is 20.9. The van der Waals surface area contributed by atoms with Crippen LogP contribution in [-0.4, -0.2) is 47.0 Å². The second-order valence-electron chi connectivity index (χ2n) is 10.8. The van der Waals surface area contributed by atoms with Crippen molar-refractivity contribution in [3.8, 4) is 11.3 Å². The minimum absolute atomic E-state index is 0.00411. The molecular formula is C28H30F2N4O3. The molecule has 1 aliphatic heterocycles. The molecule has 1 aliphatic carbocycles. The molecule has 3 aromatic rings. The molecule has 1 saturated heterocycles. The largest absolute Gasteiger partial charge is 0.355 e. The Bertz CT molecular complexity index is 1300. The Morgan fingerprint density at radius 1 is 1.11 bits per heavy atom. The number of aromatic nitrogens is 1. The van der Waals surface area contributed by atoms with Crippen LogP contribution in [0.3, 0.4) is 0 Å². The lowest BCUT2D eigenvalue weighted by atomic mass is 9.84. The minimum Gasteiger partial charge on any atom is -0.355 e. The molecule has 1 aromatic heterocycles. The Morgan fingerprint density at radius 3 is 2.51 bits per heavy atom. The van der Waals surface area contributed by atoms with E-state index in [1.165, 1.54) is 25.0 Å². The summed E-state index contributed by atoms with van der Waals surface area (Å²) in [5.74, 6) is -1.51. The second kappa shape index (κ2) is 9.70. The van der Waals surface area contributed by atoms with E-state index >= 15 is 0 Å². The standard InChI is InChI=1S/C28H30F2N4O3/c1-27(2,19-6-4-3-5-7-19)31-25(35)14-28(16-34(17-28)15-18-8-9-18)32-26(36)23-13-24(37-33-23)21-11-10-20(29)12-22(21)30/h3-7,10-13,18H,8-9,14-17H2,1-2H3,(H,31,35)(H,32,36). The third-order valence-corrected chi connectivity index (χ3v) is 7.03. The van der Waals surface area contributed by atoms with E-state index in [4.69, 9.17) is 4.52 Å². The molecule has 5 rings (SSSR count). The zero-order chi connectivity index (χ0) is 26.2. The fourth-order valence-corrected chi connectivity index (χ4v) is 4.97. The highest BCUT2D eigenvalue weighted by atomic mass is 19.1. The summed E-state index contributed by atoms with van der Waals surface area (Å²) in [4.78, 5) is 28.5. The number of nitrogens with one attached hydrogen (secondary N) is 2. The van der Waals surface area contributed by atoms with Gasteiger partial charge in [-0.2, -0.15) is 0 Å². The Balaban J connectivity index is 1.29. The molecule has 194 valence electrons. The summed E-state index contributed by atoms with van der Waals surface area (Å²) in [5.41, 5.74) is -0.397. The molecule has 1 saturated carbocycles. The van der Waals surface area contributed by atoms with Gasteiger partial charge in [0.25, 0.3) is 5.91 Å². The molecule has 2 heterocycles. The van der Waals surface area contributed by atoms with Crippen molar-refractivity contribution in [3.63, 3.8) is 0 Å². The number of hydrogen-bond donors (Lipinski definition) is 2. The lowest BCUT2D eigenvalue weighted by Crippen LogP contribution is -2.71. The number of hydrogen-bond acceptors (Lipinski definition) is 5. The Morgan fingerprint density at radius 2 is 1.84 bits per heavy atom. The van der Waals surface area contributed by atoms with Gasteiger partial charge < -0.3 is 15.2 Å². The number of amides is 2. The third kappa shape index (κ3) is 5.72. The van der Waals surface area contributed by atoms with Crippen molar-refractivity contribution in [1.82, 2.24) is 20.7 Å². The lowest BCUT2D eigenvalue weighted by molar-refractivity contribution is -0.126. The SMILES string of the molecule is CC(C)(NC(=O)CC1(NC(=O)c2cc(-c3ccc(F)cc3F)on2)CN(CC2CC2)C1)c1ccccc1. The summed E-state index contributed by atoms with van der Waals surface area (Å²) in [6.45, 7) is 5.93. The van der Waals surface area contributed by atoms with Crippen LogP contribution in [0.5, 0.6) is 0 Å². The van der Waals surface area contributed by atoms with Gasteiger partial charge in [-0.1, -0.05) is 35.5 Å². The minimum atomic E-state index is -0.813. The van der Waals surface area contributed by atoms with Crippen LogP contribution >= 0.6 is 0 Å². The molecule has 37 heavy (non-hydrogen) atoms. The normalized spacial score (nSPS) is 17.2. The van der Waals surface area contributed by atoms with Crippen molar-refractivity contribution in [1.29, 1.82) is 0 Å². The molecule has 2 fully saturated rings. The smallest absolute Gasteiger partial charge is 0.274 e. The molecule has 0 radical (unpaired) electrons. The van der Waals surface area contributed by atoms with E-state index < -0.39 is 28.6 Å². The number of nitrogens with zero attached hydrogens (tertiary/aromatic N) is 2. The monoisotopic (exact) mass is 508 g/mol. The van der Waals surface area contributed by atoms with Gasteiger partial charge in [-0.15, -0.1) is 0 Å². The van der Waals surface area contributed by atoms with Crippen molar-refractivity contribution in [3.05, 3.63) is 77.5 Å². The van der Waals surface area contributed by atoms with Gasteiger partial charge in [-0.25, -0.2) is 8.78 Å². The molecular weight excluding hydrogens is 478 g/mol. The van der Waals surface area contributed by atoms with Crippen LogP contribution in [0.15, 0.2) is 59.1 Å². The molecule has 2 aliphatic rings. The van der Waals surface area contributed by atoms with Gasteiger partial charge in [-0.05, 0) is 50.3 Å². The molecule has 2 aromatic carbocycles. The number of likely N-dealkylation sites (tertiary alicyclic amines) is 1. The highest BCUT2D eigenvalue weighted by Crippen LogP contribution is 2.35. The average molecular weight is 509 g/mol. The predicted molar refractivity (Wildman–Crippen MR) is 133 cm³/mol. The molecule has 7 nitrogen and oxygen atoms in total. The fraction of sp³-hybridized carbons (Fsp3) is 0.393. The number of halogens is 2. The van der Waals surface area contributed by atoms with Gasteiger partial charge in [-0.3, -0.25) is 14.5 Å². The van der Waals surface area contributed by atoms with Crippen LogP contribution in [0.2, 0.25) is 0 Å². The topological polar surface area (TPSA) is 87.5 Å². The van der Waals surface area contributed by atoms with E-state index in [1.54, 1.807) is 0 Å². The summed E-state index contributed by atoms with van der Waals surface area (Å²) in [6.07, 6.45) is 2.53. The third-order valence-electron chi connectivity index (χ3n) is 7.03. The van der Waals surface area contributed by atoms with Crippen molar-refractivity contribution in [2.45, 2.75) is 44.2 Å². The first-order chi connectivity index (χ1) is 17.6. The van der Waals surface area contributed by atoms with Gasteiger partial charge >= 0.3 is 0 Å². The van der Waals surface area contributed by atoms with E-state index in [0.29, 0.717) is 19.0 Å². The lowest BCUT2D eigenvalue weighted by Gasteiger charge is -2.50. The Labute approximate surface area is 214 Å².